The first-order valence-electron chi connectivity index (χ1n) is 11.5. The summed E-state index contributed by atoms with van der Waals surface area (Å²) in [5.41, 5.74) is 2.87. The summed E-state index contributed by atoms with van der Waals surface area (Å²) < 4.78 is 5.79. The van der Waals surface area contributed by atoms with Crippen LogP contribution < -0.4 is 4.74 Å². The fourth-order valence-electron chi connectivity index (χ4n) is 6.25. The first-order chi connectivity index (χ1) is 13.4. The molecule has 0 radical (unpaired) electrons. The third kappa shape index (κ3) is 3.10. The van der Waals surface area contributed by atoms with Crippen LogP contribution in [0.25, 0.3) is 0 Å². The van der Waals surface area contributed by atoms with Crippen LogP contribution in [0.4, 0.5) is 0 Å². The monoisotopic (exact) mass is 381 g/mol. The van der Waals surface area contributed by atoms with Gasteiger partial charge in [-0.2, -0.15) is 0 Å². The maximum atomic E-state index is 12.4. The molecule has 1 saturated heterocycles. The number of ether oxygens (including phenoxy) is 1. The van der Waals surface area contributed by atoms with E-state index < -0.39 is 5.41 Å². The third-order valence-corrected chi connectivity index (χ3v) is 7.94. The van der Waals surface area contributed by atoms with E-state index in [4.69, 9.17) is 4.74 Å². The van der Waals surface area contributed by atoms with Gasteiger partial charge in [-0.05, 0) is 101 Å². The van der Waals surface area contributed by atoms with Crippen molar-refractivity contribution in [3.8, 4) is 5.75 Å². The van der Waals surface area contributed by atoms with E-state index in [1.54, 1.807) is 0 Å². The SMILES string of the molecule is CC(C)(C)C(=O)Oc1ccc2c(c1)C13CCCCC1C(C2)N(CC1CC1)CC3. The Morgan fingerprint density at radius 3 is 2.75 bits per heavy atom. The van der Waals surface area contributed by atoms with Crippen LogP contribution in [0, 0.1) is 17.3 Å². The molecule has 2 bridgehead atoms. The van der Waals surface area contributed by atoms with E-state index >= 15 is 0 Å². The molecule has 0 aromatic heterocycles. The Morgan fingerprint density at radius 1 is 1.18 bits per heavy atom. The van der Waals surface area contributed by atoms with E-state index in [2.05, 4.69) is 17.0 Å². The van der Waals surface area contributed by atoms with Gasteiger partial charge in [0, 0.05) is 18.0 Å². The molecule has 0 spiro atoms. The van der Waals surface area contributed by atoms with Gasteiger partial charge in [0.15, 0.2) is 0 Å². The summed E-state index contributed by atoms with van der Waals surface area (Å²) in [5.74, 6) is 2.36. The zero-order chi connectivity index (χ0) is 19.5. The Kier molecular flexibility index (Phi) is 4.39. The molecule has 1 aromatic carbocycles. The Bertz CT molecular complexity index is 775. The molecule has 4 aliphatic rings. The molecule has 1 heterocycles. The fraction of sp³-hybridized carbons (Fsp3) is 0.720. The predicted molar refractivity (Wildman–Crippen MR) is 112 cm³/mol. The van der Waals surface area contributed by atoms with Crippen molar-refractivity contribution in [1.82, 2.24) is 4.90 Å². The van der Waals surface area contributed by atoms with Crippen molar-refractivity contribution in [1.29, 1.82) is 0 Å². The van der Waals surface area contributed by atoms with Gasteiger partial charge in [-0.3, -0.25) is 9.69 Å². The van der Waals surface area contributed by atoms with Crippen molar-refractivity contribution in [3.05, 3.63) is 29.3 Å². The number of fused-ring (bicyclic) bond motifs is 1. The van der Waals surface area contributed by atoms with Crippen molar-refractivity contribution < 1.29 is 9.53 Å². The van der Waals surface area contributed by atoms with Crippen molar-refractivity contribution in [2.75, 3.05) is 13.1 Å². The van der Waals surface area contributed by atoms with Gasteiger partial charge in [0.1, 0.15) is 5.75 Å². The molecular formula is C25H35NO2. The van der Waals surface area contributed by atoms with Crippen molar-refractivity contribution in [2.24, 2.45) is 17.3 Å². The summed E-state index contributed by atoms with van der Waals surface area (Å²) in [6, 6.07) is 7.26. The van der Waals surface area contributed by atoms with Gasteiger partial charge in [-0.15, -0.1) is 0 Å². The number of nitrogens with zero attached hydrogens (tertiary/aromatic N) is 1. The molecule has 152 valence electrons. The van der Waals surface area contributed by atoms with E-state index in [1.807, 2.05) is 26.8 Å². The van der Waals surface area contributed by atoms with Crippen LogP contribution in [0.5, 0.6) is 5.75 Å². The van der Waals surface area contributed by atoms with Gasteiger partial charge in [0.2, 0.25) is 0 Å². The number of esters is 1. The molecule has 28 heavy (non-hydrogen) atoms. The van der Waals surface area contributed by atoms with Crippen LogP contribution in [0.3, 0.4) is 0 Å². The predicted octanol–water partition coefficient (Wildman–Crippen LogP) is 5.11. The van der Waals surface area contributed by atoms with Gasteiger partial charge in [0.25, 0.3) is 0 Å². The van der Waals surface area contributed by atoms with E-state index in [9.17, 15) is 4.79 Å². The maximum absolute atomic E-state index is 12.4. The van der Waals surface area contributed by atoms with Crippen molar-refractivity contribution in [3.63, 3.8) is 0 Å². The maximum Gasteiger partial charge on any atom is 0.316 e. The molecule has 3 unspecified atom stereocenters. The summed E-state index contributed by atoms with van der Waals surface area (Å²) in [4.78, 5) is 15.3. The Balaban J connectivity index is 1.48. The number of hydrogen-bond donors (Lipinski definition) is 0. The quantitative estimate of drug-likeness (QED) is 0.538. The summed E-state index contributed by atoms with van der Waals surface area (Å²) in [6.07, 6.45) is 10.8. The second-order valence-corrected chi connectivity index (χ2v) is 10.9. The lowest BCUT2D eigenvalue weighted by atomic mass is 9.52. The molecule has 0 amide bonds. The Hall–Kier alpha value is -1.35. The smallest absolute Gasteiger partial charge is 0.316 e. The largest absolute Gasteiger partial charge is 0.426 e. The van der Waals surface area contributed by atoms with Crippen LogP contribution in [0.15, 0.2) is 18.2 Å². The van der Waals surface area contributed by atoms with E-state index in [0.717, 1.165) is 23.6 Å². The molecule has 1 aromatic rings. The summed E-state index contributed by atoms with van der Waals surface area (Å²) in [5, 5.41) is 0. The third-order valence-electron chi connectivity index (χ3n) is 7.94. The molecule has 2 saturated carbocycles. The lowest BCUT2D eigenvalue weighted by Crippen LogP contribution is -2.61. The topological polar surface area (TPSA) is 29.5 Å². The highest BCUT2D eigenvalue weighted by molar-refractivity contribution is 5.78. The van der Waals surface area contributed by atoms with Crippen LogP contribution in [0.1, 0.15) is 76.8 Å². The normalized spacial score (nSPS) is 32.4. The average Bonchev–Trinajstić information content (AvgIpc) is 3.48. The fourth-order valence-corrected chi connectivity index (χ4v) is 6.25. The molecular weight excluding hydrogens is 346 g/mol. The summed E-state index contributed by atoms with van der Waals surface area (Å²) in [6.45, 7) is 8.34. The van der Waals surface area contributed by atoms with E-state index in [1.165, 1.54) is 75.6 Å². The van der Waals surface area contributed by atoms with Crippen LogP contribution in [-0.4, -0.2) is 30.0 Å². The van der Waals surface area contributed by atoms with Gasteiger partial charge in [-0.1, -0.05) is 18.9 Å². The second kappa shape index (κ2) is 6.58. The van der Waals surface area contributed by atoms with Gasteiger partial charge < -0.3 is 4.74 Å². The molecule has 3 fully saturated rings. The van der Waals surface area contributed by atoms with Crippen LogP contribution in [-0.2, 0) is 16.6 Å². The number of benzene rings is 1. The zero-order valence-electron chi connectivity index (χ0n) is 17.8. The molecule has 3 nitrogen and oxygen atoms in total. The molecule has 5 rings (SSSR count). The van der Waals surface area contributed by atoms with Gasteiger partial charge in [0.05, 0.1) is 5.41 Å². The molecule has 1 aliphatic heterocycles. The standard InChI is InChI=1S/C25H35NO2/c1-24(2,3)23(27)28-19-10-9-18-14-22-20-6-4-5-11-25(20,21(18)15-19)12-13-26(22)16-17-7-8-17/h9-10,15,17,20,22H,4-8,11-14,16H2,1-3H3. The summed E-state index contributed by atoms with van der Waals surface area (Å²) >= 11 is 0. The Labute approximate surface area is 169 Å². The number of likely N-dealkylation sites (tertiary alicyclic amines) is 1. The highest BCUT2D eigenvalue weighted by Gasteiger charge is 2.54. The molecule has 3 heteroatoms. The number of rotatable bonds is 3. The molecule has 3 atom stereocenters. The van der Waals surface area contributed by atoms with E-state index in [-0.39, 0.29) is 5.97 Å². The van der Waals surface area contributed by atoms with Gasteiger partial charge >= 0.3 is 5.97 Å². The minimum Gasteiger partial charge on any atom is -0.426 e. The number of hydrogen-bond acceptors (Lipinski definition) is 3. The Morgan fingerprint density at radius 2 is 2.00 bits per heavy atom. The zero-order valence-corrected chi connectivity index (χ0v) is 17.8. The highest BCUT2D eigenvalue weighted by Crippen LogP contribution is 2.56. The second-order valence-electron chi connectivity index (χ2n) is 10.9. The van der Waals surface area contributed by atoms with Crippen molar-refractivity contribution in [2.45, 2.75) is 83.6 Å². The van der Waals surface area contributed by atoms with Crippen molar-refractivity contribution >= 4 is 5.97 Å². The number of carbonyl (C=O) groups excluding carboxylic acids is 1. The first-order valence-corrected chi connectivity index (χ1v) is 11.5. The van der Waals surface area contributed by atoms with Crippen LogP contribution >= 0.6 is 0 Å². The lowest BCUT2D eigenvalue weighted by molar-refractivity contribution is -0.143. The average molecular weight is 382 g/mol. The minimum absolute atomic E-state index is 0.141. The molecule has 0 N–H and O–H groups in total. The van der Waals surface area contributed by atoms with Gasteiger partial charge in [-0.25, -0.2) is 0 Å². The highest BCUT2D eigenvalue weighted by atomic mass is 16.5. The first kappa shape index (κ1) is 18.7. The van der Waals surface area contributed by atoms with E-state index in [0.29, 0.717) is 5.41 Å². The lowest BCUT2D eigenvalue weighted by Gasteiger charge is -2.59. The molecule has 3 aliphatic carbocycles. The van der Waals surface area contributed by atoms with Crippen LogP contribution in [0.2, 0.25) is 0 Å². The minimum atomic E-state index is -0.471. The summed E-state index contributed by atoms with van der Waals surface area (Å²) in [7, 11) is 0. The number of piperidine rings is 1. The number of carbonyl (C=O) groups is 1.